The number of hydrogen-bond acceptors (Lipinski definition) is 5. The summed E-state index contributed by atoms with van der Waals surface area (Å²) in [6.07, 6.45) is 1.42. The third-order valence-corrected chi connectivity index (χ3v) is 3.56. The zero-order valence-corrected chi connectivity index (χ0v) is 13.5. The molecule has 0 aliphatic heterocycles. The summed E-state index contributed by atoms with van der Waals surface area (Å²) < 4.78 is 0. The number of likely N-dealkylation sites (N-methyl/N-ethyl adjacent to an activating group) is 1. The Kier molecular flexibility index (Phi) is 5.36. The van der Waals surface area contributed by atoms with Gasteiger partial charge in [0.25, 0.3) is 0 Å². The van der Waals surface area contributed by atoms with Gasteiger partial charge in [-0.05, 0) is 18.2 Å². The zero-order valence-electron chi connectivity index (χ0n) is 12.0. The fourth-order valence-corrected chi connectivity index (χ4v) is 2.40. The standard InChI is InChI=1S/C14H12Cl2N4O3/c1-19(14-11(20(22)23)6-3-7-17-14)8-12(21)18-13-9(15)4-2-5-10(13)16/h2-7H,8H2,1H3,(H,18,21). The molecule has 120 valence electrons. The number of carbonyl (C=O) groups is 1. The number of halogens is 2. The van der Waals surface area contributed by atoms with E-state index in [2.05, 4.69) is 10.3 Å². The molecule has 0 spiro atoms. The van der Waals surface area contributed by atoms with Crippen LogP contribution in [0.3, 0.4) is 0 Å². The van der Waals surface area contributed by atoms with Gasteiger partial charge < -0.3 is 10.2 Å². The van der Waals surface area contributed by atoms with Crippen LogP contribution >= 0.6 is 23.2 Å². The first-order chi connectivity index (χ1) is 10.9. The molecule has 0 bridgehead atoms. The van der Waals surface area contributed by atoms with Crippen LogP contribution in [0.5, 0.6) is 0 Å². The fraction of sp³-hybridized carbons (Fsp3) is 0.143. The summed E-state index contributed by atoms with van der Waals surface area (Å²) >= 11 is 12.0. The van der Waals surface area contributed by atoms with E-state index in [-0.39, 0.29) is 18.1 Å². The number of benzene rings is 1. The summed E-state index contributed by atoms with van der Waals surface area (Å²) in [6.45, 7) is -0.153. The van der Waals surface area contributed by atoms with Crippen molar-refractivity contribution in [2.24, 2.45) is 0 Å². The Balaban J connectivity index is 2.13. The summed E-state index contributed by atoms with van der Waals surface area (Å²) in [5.41, 5.74) is 0.114. The predicted octanol–water partition coefficient (Wildman–Crippen LogP) is 3.37. The van der Waals surface area contributed by atoms with Gasteiger partial charge in [0.05, 0.1) is 27.2 Å². The Morgan fingerprint density at radius 2 is 1.96 bits per heavy atom. The molecule has 2 aromatic rings. The Morgan fingerprint density at radius 3 is 2.57 bits per heavy atom. The number of carbonyl (C=O) groups excluding carboxylic acids is 1. The first kappa shape index (κ1) is 17.0. The number of anilines is 2. The highest BCUT2D eigenvalue weighted by molar-refractivity contribution is 6.39. The van der Waals surface area contributed by atoms with E-state index in [1.807, 2.05) is 0 Å². The lowest BCUT2D eigenvalue weighted by molar-refractivity contribution is -0.384. The normalized spacial score (nSPS) is 10.2. The first-order valence-corrected chi connectivity index (χ1v) is 7.20. The molecular formula is C14H12Cl2N4O3. The maximum Gasteiger partial charge on any atom is 0.311 e. The van der Waals surface area contributed by atoms with E-state index in [0.29, 0.717) is 15.7 Å². The molecule has 0 saturated carbocycles. The maximum atomic E-state index is 12.1. The molecule has 1 aromatic carbocycles. The van der Waals surface area contributed by atoms with Crippen LogP contribution in [0.15, 0.2) is 36.5 Å². The lowest BCUT2D eigenvalue weighted by Crippen LogP contribution is -2.31. The predicted molar refractivity (Wildman–Crippen MR) is 89.3 cm³/mol. The van der Waals surface area contributed by atoms with Crippen LogP contribution in [0.1, 0.15) is 0 Å². The number of amides is 1. The van der Waals surface area contributed by atoms with E-state index < -0.39 is 10.8 Å². The third kappa shape index (κ3) is 4.08. The van der Waals surface area contributed by atoms with Gasteiger partial charge in [-0.2, -0.15) is 0 Å². The summed E-state index contributed by atoms with van der Waals surface area (Å²) in [6, 6.07) is 7.62. The van der Waals surface area contributed by atoms with Crippen LogP contribution in [-0.2, 0) is 4.79 Å². The number of hydrogen-bond donors (Lipinski definition) is 1. The minimum atomic E-state index is -0.554. The highest BCUT2D eigenvalue weighted by Crippen LogP contribution is 2.30. The average Bonchev–Trinajstić information content (AvgIpc) is 2.51. The highest BCUT2D eigenvalue weighted by atomic mass is 35.5. The Morgan fingerprint density at radius 1 is 1.30 bits per heavy atom. The van der Waals surface area contributed by atoms with Crippen LogP contribution in [0.4, 0.5) is 17.2 Å². The number of rotatable bonds is 5. The van der Waals surface area contributed by atoms with Crippen molar-refractivity contribution in [2.75, 3.05) is 23.8 Å². The number of nitrogens with zero attached hydrogens (tertiary/aromatic N) is 3. The van der Waals surface area contributed by atoms with Gasteiger partial charge in [0.1, 0.15) is 0 Å². The van der Waals surface area contributed by atoms with Crippen molar-refractivity contribution in [3.63, 3.8) is 0 Å². The van der Waals surface area contributed by atoms with Crippen molar-refractivity contribution in [3.05, 3.63) is 56.7 Å². The number of aromatic nitrogens is 1. The van der Waals surface area contributed by atoms with Crippen LogP contribution in [0.25, 0.3) is 0 Å². The van der Waals surface area contributed by atoms with Gasteiger partial charge in [-0.1, -0.05) is 29.3 Å². The summed E-state index contributed by atoms with van der Waals surface area (Å²) in [4.78, 5) is 27.9. The minimum absolute atomic E-state index is 0.0953. The molecule has 1 heterocycles. The topological polar surface area (TPSA) is 88.4 Å². The van der Waals surface area contributed by atoms with E-state index in [1.165, 1.54) is 30.3 Å². The first-order valence-electron chi connectivity index (χ1n) is 6.44. The molecule has 2 rings (SSSR count). The molecule has 23 heavy (non-hydrogen) atoms. The Labute approximate surface area is 142 Å². The summed E-state index contributed by atoms with van der Waals surface area (Å²) in [5, 5.41) is 14.2. The van der Waals surface area contributed by atoms with Crippen LogP contribution in [0.2, 0.25) is 10.0 Å². The van der Waals surface area contributed by atoms with Crippen molar-refractivity contribution < 1.29 is 9.72 Å². The summed E-state index contributed by atoms with van der Waals surface area (Å²) in [7, 11) is 1.53. The van der Waals surface area contributed by atoms with Crippen LogP contribution < -0.4 is 10.2 Å². The number of para-hydroxylation sites is 1. The van der Waals surface area contributed by atoms with Gasteiger partial charge in [0.15, 0.2) is 0 Å². The van der Waals surface area contributed by atoms with Gasteiger partial charge in [0.2, 0.25) is 11.7 Å². The second-order valence-corrected chi connectivity index (χ2v) is 5.42. The van der Waals surface area contributed by atoms with Gasteiger partial charge in [-0.15, -0.1) is 0 Å². The third-order valence-electron chi connectivity index (χ3n) is 2.93. The van der Waals surface area contributed by atoms with Crippen molar-refractivity contribution >= 4 is 46.3 Å². The van der Waals surface area contributed by atoms with Crippen molar-refractivity contribution in [1.29, 1.82) is 0 Å². The molecule has 0 fully saturated rings. The van der Waals surface area contributed by atoms with E-state index in [1.54, 1.807) is 18.2 Å². The molecule has 0 unspecified atom stereocenters. The minimum Gasteiger partial charge on any atom is -0.345 e. The van der Waals surface area contributed by atoms with Gasteiger partial charge in [-0.3, -0.25) is 14.9 Å². The lowest BCUT2D eigenvalue weighted by atomic mass is 10.3. The monoisotopic (exact) mass is 354 g/mol. The highest BCUT2D eigenvalue weighted by Gasteiger charge is 2.20. The molecule has 7 nitrogen and oxygen atoms in total. The van der Waals surface area contributed by atoms with Gasteiger partial charge in [-0.25, -0.2) is 4.98 Å². The molecule has 0 saturated heterocycles. The zero-order chi connectivity index (χ0) is 17.0. The molecule has 9 heteroatoms. The van der Waals surface area contributed by atoms with Crippen molar-refractivity contribution in [1.82, 2.24) is 4.98 Å². The van der Waals surface area contributed by atoms with Gasteiger partial charge in [0, 0.05) is 19.3 Å². The summed E-state index contributed by atoms with van der Waals surface area (Å²) in [5.74, 6) is -0.333. The maximum absolute atomic E-state index is 12.1. The quantitative estimate of drug-likeness (QED) is 0.656. The second-order valence-electron chi connectivity index (χ2n) is 4.60. The van der Waals surface area contributed by atoms with Crippen LogP contribution in [0, 0.1) is 10.1 Å². The van der Waals surface area contributed by atoms with E-state index in [0.717, 1.165) is 0 Å². The van der Waals surface area contributed by atoms with Crippen molar-refractivity contribution in [2.45, 2.75) is 0 Å². The number of pyridine rings is 1. The molecule has 0 atom stereocenters. The molecule has 1 amide bonds. The van der Waals surface area contributed by atoms with E-state index in [9.17, 15) is 14.9 Å². The Bertz CT molecular complexity index is 734. The molecule has 0 aliphatic rings. The van der Waals surface area contributed by atoms with E-state index in [4.69, 9.17) is 23.2 Å². The molecule has 0 radical (unpaired) electrons. The molecule has 1 N–H and O–H groups in total. The number of nitro groups is 1. The molecule has 1 aromatic heterocycles. The number of nitrogens with one attached hydrogen (secondary N) is 1. The smallest absolute Gasteiger partial charge is 0.311 e. The SMILES string of the molecule is CN(CC(=O)Nc1c(Cl)cccc1Cl)c1ncccc1[N+](=O)[O-]. The largest absolute Gasteiger partial charge is 0.345 e. The Hall–Kier alpha value is -2.38. The fourth-order valence-electron chi connectivity index (χ4n) is 1.91. The van der Waals surface area contributed by atoms with Crippen LogP contribution in [-0.4, -0.2) is 29.4 Å². The van der Waals surface area contributed by atoms with Crippen molar-refractivity contribution in [3.8, 4) is 0 Å². The molecule has 0 aliphatic carbocycles. The second kappa shape index (κ2) is 7.26. The van der Waals surface area contributed by atoms with Gasteiger partial charge >= 0.3 is 5.69 Å². The molecular weight excluding hydrogens is 343 g/mol. The van der Waals surface area contributed by atoms with E-state index >= 15 is 0 Å². The average molecular weight is 355 g/mol. The lowest BCUT2D eigenvalue weighted by Gasteiger charge is -2.18.